The van der Waals surface area contributed by atoms with Crippen LogP contribution in [0.2, 0.25) is 0 Å². The Morgan fingerprint density at radius 2 is 1.27 bits per heavy atom. The molecule has 0 N–H and O–H groups in total. The van der Waals surface area contributed by atoms with Gasteiger partial charge in [0.1, 0.15) is 0 Å². The highest BCUT2D eigenvalue weighted by atomic mass is 16.6. The van der Waals surface area contributed by atoms with Crippen LogP contribution in [-0.4, -0.2) is 26.2 Å². The van der Waals surface area contributed by atoms with Crippen molar-refractivity contribution in [3.05, 3.63) is 47.5 Å². The van der Waals surface area contributed by atoms with E-state index >= 15 is 0 Å². The largest absolute Gasteiger partial charge is 0.493 e. The molecule has 4 rings (SSSR count). The summed E-state index contributed by atoms with van der Waals surface area (Å²) < 4.78 is 23.3. The number of nitrogens with zero attached hydrogens (tertiary/aromatic N) is 1. The van der Waals surface area contributed by atoms with E-state index in [1.807, 2.05) is 43.4 Å². The topological polar surface area (TPSA) is 40.2 Å². The van der Waals surface area contributed by atoms with Crippen LogP contribution in [0.4, 0.5) is 0 Å². The number of hydrogen-bond donors (Lipinski definition) is 0. The fraction of sp³-hybridized carbons (Fsp3) is 0.294. The van der Waals surface area contributed by atoms with Gasteiger partial charge in [0.25, 0.3) is 0 Å². The monoisotopic (exact) mass is 299 g/mol. The maximum absolute atomic E-state index is 6.23. The summed E-state index contributed by atoms with van der Waals surface area (Å²) in [5, 5.41) is 0. The first-order chi connectivity index (χ1) is 10.7. The molecule has 22 heavy (non-hydrogen) atoms. The van der Waals surface area contributed by atoms with Crippen LogP contribution in [-0.2, 0) is 0 Å². The van der Waals surface area contributed by atoms with Crippen LogP contribution < -0.4 is 18.9 Å². The molecule has 0 aromatic heterocycles. The van der Waals surface area contributed by atoms with E-state index in [4.69, 9.17) is 18.9 Å². The lowest BCUT2D eigenvalue weighted by Gasteiger charge is -2.45. The van der Waals surface area contributed by atoms with Gasteiger partial charge in [-0.2, -0.15) is 0 Å². The van der Waals surface area contributed by atoms with Crippen LogP contribution in [0.5, 0.6) is 23.0 Å². The first-order valence-corrected chi connectivity index (χ1v) is 7.13. The maximum atomic E-state index is 6.23. The van der Waals surface area contributed by atoms with Gasteiger partial charge in [0, 0.05) is 0 Å². The van der Waals surface area contributed by atoms with E-state index in [2.05, 4.69) is 4.90 Å². The molecule has 0 aliphatic carbocycles. The molecule has 0 saturated heterocycles. The molecular formula is C17H17NO4. The van der Waals surface area contributed by atoms with Gasteiger partial charge in [-0.1, -0.05) is 12.1 Å². The van der Waals surface area contributed by atoms with E-state index in [1.54, 1.807) is 14.2 Å². The minimum absolute atomic E-state index is 0.229. The Hall–Kier alpha value is -2.40. The fourth-order valence-electron chi connectivity index (χ4n) is 3.11. The molecule has 114 valence electrons. The predicted molar refractivity (Wildman–Crippen MR) is 80.5 cm³/mol. The lowest BCUT2D eigenvalue weighted by atomic mass is 10.0. The normalized spacial score (nSPS) is 22.0. The van der Waals surface area contributed by atoms with Crippen LogP contribution in [0.1, 0.15) is 23.6 Å². The molecular weight excluding hydrogens is 282 g/mol. The first-order valence-electron chi connectivity index (χ1n) is 7.13. The number of rotatable bonds is 2. The van der Waals surface area contributed by atoms with Gasteiger partial charge in [0.2, 0.25) is 0 Å². The molecule has 5 nitrogen and oxygen atoms in total. The average Bonchev–Trinajstić information content (AvgIpc) is 2.55. The van der Waals surface area contributed by atoms with Crippen LogP contribution in [0.15, 0.2) is 36.4 Å². The molecule has 0 fully saturated rings. The maximum Gasteiger partial charge on any atom is 0.185 e. The van der Waals surface area contributed by atoms with Crippen molar-refractivity contribution in [2.45, 2.75) is 12.5 Å². The zero-order chi connectivity index (χ0) is 15.3. The van der Waals surface area contributed by atoms with Gasteiger partial charge in [0.05, 0.1) is 25.3 Å². The number of ether oxygens (including phenoxy) is 4. The third-order valence-electron chi connectivity index (χ3n) is 4.19. The number of benzene rings is 2. The van der Waals surface area contributed by atoms with E-state index in [9.17, 15) is 0 Å². The van der Waals surface area contributed by atoms with E-state index < -0.39 is 0 Å². The number of hydrogen-bond acceptors (Lipinski definition) is 5. The Bertz CT molecular complexity index is 669. The van der Waals surface area contributed by atoms with Gasteiger partial charge >= 0.3 is 0 Å². The Balaban J connectivity index is 1.89. The zero-order valence-corrected chi connectivity index (χ0v) is 12.7. The summed E-state index contributed by atoms with van der Waals surface area (Å²) in [6.07, 6.45) is -0.458. The summed E-state index contributed by atoms with van der Waals surface area (Å²) in [5.74, 6) is 2.92. The SMILES string of the molecule is COc1cccc2c1O[C@@H]1c3cccc(OC)c3O[C@H]2N1C. The molecule has 2 aliphatic heterocycles. The van der Waals surface area contributed by atoms with Gasteiger partial charge in [-0.3, -0.25) is 0 Å². The molecule has 5 heteroatoms. The van der Waals surface area contributed by atoms with Crippen molar-refractivity contribution in [1.82, 2.24) is 4.90 Å². The fourth-order valence-corrected chi connectivity index (χ4v) is 3.11. The molecule has 2 heterocycles. The summed E-state index contributed by atoms with van der Waals surface area (Å²) in [7, 11) is 5.27. The molecule has 2 aromatic rings. The zero-order valence-electron chi connectivity index (χ0n) is 12.7. The van der Waals surface area contributed by atoms with Crippen molar-refractivity contribution in [1.29, 1.82) is 0 Å². The Kier molecular flexibility index (Phi) is 2.90. The second-order valence-electron chi connectivity index (χ2n) is 5.36. The van der Waals surface area contributed by atoms with Gasteiger partial charge in [-0.15, -0.1) is 0 Å². The van der Waals surface area contributed by atoms with Gasteiger partial charge in [-0.05, 0) is 31.3 Å². The van der Waals surface area contributed by atoms with E-state index in [-0.39, 0.29) is 12.5 Å². The van der Waals surface area contributed by atoms with Crippen molar-refractivity contribution in [2.24, 2.45) is 0 Å². The van der Waals surface area contributed by atoms with Gasteiger partial charge < -0.3 is 18.9 Å². The minimum atomic E-state index is -0.229. The van der Waals surface area contributed by atoms with E-state index in [0.717, 1.165) is 34.1 Å². The quantitative estimate of drug-likeness (QED) is 0.852. The minimum Gasteiger partial charge on any atom is -0.493 e. The molecule has 2 aromatic carbocycles. The first kappa shape index (κ1) is 13.3. The van der Waals surface area contributed by atoms with Crippen LogP contribution in [0.25, 0.3) is 0 Å². The van der Waals surface area contributed by atoms with Crippen molar-refractivity contribution in [3.63, 3.8) is 0 Å². The Morgan fingerprint density at radius 1 is 0.818 bits per heavy atom. The second kappa shape index (κ2) is 4.81. The highest BCUT2D eigenvalue weighted by Gasteiger charge is 2.43. The molecule has 2 aliphatic rings. The van der Waals surface area contributed by atoms with Crippen molar-refractivity contribution in [2.75, 3.05) is 21.3 Å². The van der Waals surface area contributed by atoms with Gasteiger partial charge in [0.15, 0.2) is 35.5 Å². The number of methoxy groups -OCH3 is 2. The summed E-state index contributed by atoms with van der Waals surface area (Å²) >= 11 is 0. The summed E-state index contributed by atoms with van der Waals surface area (Å²) in [4.78, 5) is 2.06. The highest BCUT2D eigenvalue weighted by molar-refractivity contribution is 5.54. The Labute approximate surface area is 129 Å². The molecule has 0 radical (unpaired) electrons. The number of para-hydroxylation sites is 2. The molecule has 2 bridgehead atoms. The summed E-state index contributed by atoms with van der Waals surface area (Å²) in [5.41, 5.74) is 1.91. The molecule has 0 unspecified atom stereocenters. The van der Waals surface area contributed by atoms with Crippen molar-refractivity contribution in [3.8, 4) is 23.0 Å². The third-order valence-corrected chi connectivity index (χ3v) is 4.19. The molecule has 0 spiro atoms. The molecule has 0 amide bonds. The summed E-state index contributed by atoms with van der Waals surface area (Å²) in [6, 6.07) is 11.7. The summed E-state index contributed by atoms with van der Waals surface area (Å²) in [6.45, 7) is 0. The molecule has 0 saturated carbocycles. The lowest BCUT2D eigenvalue weighted by Crippen LogP contribution is -2.43. The molecule has 2 atom stereocenters. The highest BCUT2D eigenvalue weighted by Crippen LogP contribution is 2.53. The van der Waals surface area contributed by atoms with E-state index in [1.165, 1.54) is 0 Å². The number of fused-ring (bicyclic) bond motifs is 6. The predicted octanol–water partition coefficient (Wildman–Crippen LogP) is 3.12. The van der Waals surface area contributed by atoms with Crippen molar-refractivity contribution < 1.29 is 18.9 Å². The van der Waals surface area contributed by atoms with Gasteiger partial charge in [-0.25, -0.2) is 4.90 Å². The van der Waals surface area contributed by atoms with Crippen LogP contribution in [0, 0.1) is 0 Å². The average molecular weight is 299 g/mol. The smallest absolute Gasteiger partial charge is 0.185 e. The second-order valence-corrected chi connectivity index (χ2v) is 5.36. The van der Waals surface area contributed by atoms with Crippen molar-refractivity contribution >= 4 is 0 Å². The van der Waals surface area contributed by atoms with Crippen LogP contribution in [0.3, 0.4) is 0 Å². The Morgan fingerprint density at radius 3 is 1.68 bits per heavy atom. The van der Waals surface area contributed by atoms with Crippen LogP contribution >= 0.6 is 0 Å². The third kappa shape index (κ3) is 1.69. The lowest BCUT2D eigenvalue weighted by molar-refractivity contribution is -0.109. The standard InChI is InChI=1S/C17H17NO4/c1-18-16-10-6-4-8-12(19-2)14(10)21-17(18)11-7-5-9-13(20-3)15(11)22-16/h4-9,16-17H,1-3H3/t16-,17-/m1/s1. The van der Waals surface area contributed by atoms with E-state index in [0.29, 0.717) is 0 Å².